The number of aromatic carboxylic acids is 1. The van der Waals surface area contributed by atoms with E-state index in [4.69, 9.17) is 16.7 Å². The second-order valence-corrected chi connectivity index (χ2v) is 5.82. The van der Waals surface area contributed by atoms with Crippen molar-refractivity contribution >= 4 is 39.9 Å². The fourth-order valence-corrected chi connectivity index (χ4v) is 3.42. The lowest BCUT2D eigenvalue weighted by Gasteiger charge is -2.00. The van der Waals surface area contributed by atoms with Gasteiger partial charge in [0.15, 0.2) is 5.82 Å². The molecule has 3 aromatic rings. The van der Waals surface area contributed by atoms with Gasteiger partial charge in [-0.1, -0.05) is 11.6 Å². The highest BCUT2D eigenvalue weighted by molar-refractivity contribution is 7.14. The molecular formula is C14H11ClN2O2S. The molecule has 0 aliphatic heterocycles. The number of imidazole rings is 1. The van der Waals surface area contributed by atoms with Gasteiger partial charge >= 0.3 is 5.97 Å². The van der Waals surface area contributed by atoms with Crippen molar-refractivity contribution < 1.29 is 9.90 Å². The van der Waals surface area contributed by atoms with Gasteiger partial charge < -0.3 is 9.67 Å². The number of aryl methyl sites for hydroxylation is 2. The summed E-state index contributed by atoms with van der Waals surface area (Å²) in [6, 6.07) is 4.93. The Morgan fingerprint density at radius 2 is 2.20 bits per heavy atom. The number of hydrogen-bond acceptors (Lipinski definition) is 3. The van der Waals surface area contributed by atoms with Gasteiger partial charge in [-0.2, -0.15) is 0 Å². The Kier molecular flexibility index (Phi) is 3.03. The van der Waals surface area contributed by atoms with Crippen LogP contribution in [0.2, 0.25) is 5.02 Å². The van der Waals surface area contributed by atoms with Crippen molar-refractivity contribution in [3.05, 3.63) is 39.7 Å². The van der Waals surface area contributed by atoms with Gasteiger partial charge in [0.2, 0.25) is 0 Å². The van der Waals surface area contributed by atoms with Crippen LogP contribution in [0.25, 0.3) is 21.7 Å². The van der Waals surface area contributed by atoms with Gasteiger partial charge in [0.25, 0.3) is 0 Å². The highest BCUT2D eigenvalue weighted by atomic mass is 35.5. The van der Waals surface area contributed by atoms with E-state index >= 15 is 0 Å². The van der Waals surface area contributed by atoms with Crippen molar-refractivity contribution in [2.75, 3.05) is 0 Å². The van der Waals surface area contributed by atoms with E-state index in [0.29, 0.717) is 10.5 Å². The van der Waals surface area contributed by atoms with Crippen LogP contribution in [0.15, 0.2) is 23.6 Å². The van der Waals surface area contributed by atoms with Gasteiger partial charge in [-0.3, -0.25) is 0 Å². The molecule has 1 N–H and O–H groups in total. The number of fused-ring (bicyclic) bond motifs is 1. The van der Waals surface area contributed by atoms with Gasteiger partial charge in [0, 0.05) is 7.05 Å². The average Bonchev–Trinajstić information content (AvgIpc) is 2.91. The molecule has 0 spiro atoms. The first-order chi connectivity index (χ1) is 9.49. The van der Waals surface area contributed by atoms with Crippen molar-refractivity contribution in [2.24, 2.45) is 7.05 Å². The lowest BCUT2D eigenvalue weighted by molar-refractivity contribution is 0.0697. The van der Waals surface area contributed by atoms with Crippen LogP contribution < -0.4 is 0 Å². The van der Waals surface area contributed by atoms with E-state index in [1.165, 1.54) is 11.3 Å². The predicted octanol–water partition coefficient (Wildman–Crippen LogP) is 3.96. The number of rotatable bonds is 2. The number of nitrogens with zero attached hydrogens (tertiary/aromatic N) is 2. The number of thiophene rings is 1. The number of halogens is 1. The summed E-state index contributed by atoms with van der Waals surface area (Å²) in [4.78, 5) is 16.4. The molecule has 2 aromatic heterocycles. The first kappa shape index (κ1) is 13.1. The normalized spacial score (nSPS) is 11.2. The monoisotopic (exact) mass is 306 g/mol. The molecule has 0 saturated heterocycles. The summed E-state index contributed by atoms with van der Waals surface area (Å²) < 4.78 is 1.93. The third-order valence-corrected chi connectivity index (χ3v) is 4.92. The van der Waals surface area contributed by atoms with E-state index in [9.17, 15) is 4.79 Å². The van der Waals surface area contributed by atoms with Crippen LogP contribution in [0.1, 0.15) is 15.9 Å². The molecule has 0 saturated carbocycles. The van der Waals surface area contributed by atoms with Crippen LogP contribution in [0, 0.1) is 6.92 Å². The summed E-state index contributed by atoms with van der Waals surface area (Å²) >= 11 is 7.83. The zero-order chi connectivity index (χ0) is 14.4. The zero-order valence-electron chi connectivity index (χ0n) is 10.8. The van der Waals surface area contributed by atoms with Crippen molar-refractivity contribution in [3.63, 3.8) is 0 Å². The Balaban J connectivity index is 2.25. The molecule has 20 heavy (non-hydrogen) atoms. The maximum atomic E-state index is 11.0. The van der Waals surface area contributed by atoms with Crippen molar-refractivity contribution in [3.8, 4) is 10.7 Å². The van der Waals surface area contributed by atoms with Crippen molar-refractivity contribution in [1.29, 1.82) is 0 Å². The smallest absolute Gasteiger partial charge is 0.335 e. The summed E-state index contributed by atoms with van der Waals surface area (Å²) in [6.45, 7) is 1.95. The van der Waals surface area contributed by atoms with Crippen LogP contribution in [-0.4, -0.2) is 20.6 Å². The van der Waals surface area contributed by atoms with Crippen LogP contribution in [0.4, 0.5) is 0 Å². The number of carbonyl (C=O) groups is 1. The second-order valence-electron chi connectivity index (χ2n) is 4.56. The first-order valence-electron chi connectivity index (χ1n) is 5.92. The maximum Gasteiger partial charge on any atom is 0.335 e. The molecule has 0 aliphatic carbocycles. The van der Waals surface area contributed by atoms with Crippen molar-refractivity contribution in [2.45, 2.75) is 6.92 Å². The molecule has 6 heteroatoms. The summed E-state index contributed by atoms with van der Waals surface area (Å²) in [5.74, 6) is -0.199. The highest BCUT2D eigenvalue weighted by Crippen LogP contribution is 2.36. The SMILES string of the molecule is Cc1csc(-c2nc3cc(C(=O)O)ccc3n2C)c1Cl. The topological polar surface area (TPSA) is 55.1 Å². The zero-order valence-corrected chi connectivity index (χ0v) is 12.4. The molecule has 102 valence electrons. The molecule has 0 amide bonds. The third-order valence-electron chi connectivity index (χ3n) is 3.23. The minimum Gasteiger partial charge on any atom is -0.478 e. The van der Waals surface area contributed by atoms with Crippen LogP contribution >= 0.6 is 22.9 Å². The Morgan fingerprint density at radius 3 is 2.80 bits per heavy atom. The molecule has 3 rings (SSSR count). The van der Waals surface area contributed by atoms with E-state index in [0.717, 1.165) is 21.8 Å². The Hall–Kier alpha value is -1.85. The van der Waals surface area contributed by atoms with Gasteiger partial charge in [-0.05, 0) is 36.1 Å². The summed E-state index contributed by atoms with van der Waals surface area (Å²) in [5.41, 5.74) is 2.79. The summed E-state index contributed by atoms with van der Waals surface area (Å²) in [7, 11) is 1.90. The van der Waals surface area contributed by atoms with Crippen LogP contribution in [0.3, 0.4) is 0 Å². The molecule has 0 bridgehead atoms. The fraction of sp³-hybridized carbons (Fsp3) is 0.143. The van der Waals surface area contributed by atoms with E-state index in [-0.39, 0.29) is 5.56 Å². The summed E-state index contributed by atoms with van der Waals surface area (Å²) in [6.07, 6.45) is 0. The van der Waals surface area contributed by atoms with Gasteiger partial charge in [-0.25, -0.2) is 9.78 Å². The molecule has 4 nitrogen and oxygen atoms in total. The third kappa shape index (κ3) is 1.90. The largest absolute Gasteiger partial charge is 0.478 e. The number of benzene rings is 1. The predicted molar refractivity (Wildman–Crippen MR) is 80.7 cm³/mol. The quantitative estimate of drug-likeness (QED) is 0.779. The second kappa shape index (κ2) is 4.61. The minimum absolute atomic E-state index is 0.232. The lowest BCUT2D eigenvalue weighted by Crippen LogP contribution is -1.95. The Labute approximate surface area is 124 Å². The van der Waals surface area contributed by atoms with Crippen LogP contribution in [0.5, 0.6) is 0 Å². The van der Waals surface area contributed by atoms with Crippen LogP contribution in [-0.2, 0) is 7.05 Å². The molecule has 0 atom stereocenters. The Morgan fingerprint density at radius 1 is 1.45 bits per heavy atom. The molecule has 2 heterocycles. The first-order valence-corrected chi connectivity index (χ1v) is 7.18. The number of aromatic nitrogens is 2. The van der Waals surface area contributed by atoms with E-state index in [1.807, 2.05) is 23.9 Å². The van der Waals surface area contributed by atoms with Gasteiger partial charge in [0.1, 0.15) is 0 Å². The fourth-order valence-electron chi connectivity index (χ4n) is 2.12. The van der Waals surface area contributed by atoms with Crippen molar-refractivity contribution in [1.82, 2.24) is 9.55 Å². The number of carboxylic acids is 1. The summed E-state index contributed by atoms with van der Waals surface area (Å²) in [5, 5.41) is 11.7. The number of carboxylic acid groups (broad SMARTS) is 1. The lowest BCUT2D eigenvalue weighted by atomic mass is 10.2. The molecule has 0 aliphatic rings. The molecule has 0 radical (unpaired) electrons. The molecule has 0 fully saturated rings. The molecule has 1 aromatic carbocycles. The highest BCUT2D eigenvalue weighted by Gasteiger charge is 2.16. The van der Waals surface area contributed by atoms with E-state index in [1.54, 1.807) is 18.2 Å². The molecular weight excluding hydrogens is 296 g/mol. The Bertz CT molecular complexity index is 835. The average molecular weight is 307 g/mol. The molecule has 0 unspecified atom stereocenters. The maximum absolute atomic E-state index is 11.0. The van der Waals surface area contributed by atoms with Gasteiger partial charge in [-0.15, -0.1) is 11.3 Å². The van der Waals surface area contributed by atoms with E-state index < -0.39 is 5.97 Å². The number of hydrogen-bond donors (Lipinski definition) is 1. The van der Waals surface area contributed by atoms with E-state index in [2.05, 4.69) is 4.98 Å². The standard InChI is InChI=1S/C14H11ClN2O2S/c1-7-6-20-12(11(7)15)13-16-9-5-8(14(18)19)3-4-10(9)17(13)2/h3-6H,1-2H3,(H,18,19). The minimum atomic E-state index is -0.955. The van der Waals surface area contributed by atoms with Gasteiger partial charge in [0.05, 0.1) is 26.5 Å².